The summed E-state index contributed by atoms with van der Waals surface area (Å²) >= 11 is 0. The molecule has 15 heteroatoms. The second-order valence-corrected chi connectivity index (χ2v) is 13.8. The van der Waals surface area contributed by atoms with E-state index in [1.807, 2.05) is 0 Å². The van der Waals surface area contributed by atoms with Crippen molar-refractivity contribution in [2.45, 2.75) is 56.6 Å². The summed E-state index contributed by atoms with van der Waals surface area (Å²) < 4.78 is 73.0. The normalized spacial score (nSPS) is 16.9. The van der Waals surface area contributed by atoms with Gasteiger partial charge in [-0.15, -0.1) is 6.58 Å². The topological polar surface area (TPSA) is 132 Å². The van der Waals surface area contributed by atoms with E-state index in [9.17, 15) is 31.2 Å². The van der Waals surface area contributed by atoms with Crippen molar-refractivity contribution in [3.8, 4) is 6.01 Å². The number of hydrogen-bond acceptors (Lipinski definition) is 10. The predicted molar refractivity (Wildman–Crippen MR) is 151 cm³/mol. The fraction of sp³-hybridized carbons (Fsp3) is 0.536. The second-order valence-electron chi connectivity index (χ2n) is 11.5. The van der Waals surface area contributed by atoms with E-state index < -0.39 is 56.6 Å². The molecule has 0 N–H and O–H groups in total. The average molecular weight is 626 g/mol. The first kappa shape index (κ1) is 32.2. The summed E-state index contributed by atoms with van der Waals surface area (Å²) in [5.74, 6) is -0.953. The maximum atomic E-state index is 12.8. The van der Waals surface area contributed by atoms with Crippen LogP contribution < -0.4 is 9.64 Å². The third-order valence-corrected chi connectivity index (χ3v) is 9.38. The summed E-state index contributed by atoms with van der Waals surface area (Å²) in [6.45, 7) is 8.46. The Bertz CT molecular complexity index is 1460. The molecular formula is C28H34F3N5O6S. The highest BCUT2D eigenvalue weighted by Crippen LogP contribution is 2.45. The van der Waals surface area contributed by atoms with Crippen LogP contribution in [0.15, 0.2) is 36.9 Å². The molecule has 1 aromatic carbocycles. The van der Waals surface area contributed by atoms with Crippen LogP contribution in [0.3, 0.4) is 0 Å². The van der Waals surface area contributed by atoms with E-state index in [1.54, 1.807) is 37.8 Å². The van der Waals surface area contributed by atoms with Gasteiger partial charge in [-0.3, -0.25) is 4.79 Å². The quantitative estimate of drug-likeness (QED) is 0.284. The first-order valence-corrected chi connectivity index (χ1v) is 15.3. The molecule has 2 heterocycles. The minimum atomic E-state index is -4.60. The van der Waals surface area contributed by atoms with E-state index >= 15 is 0 Å². The molecular weight excluding hydrogens is 591 g/mol. The zero-order valence-electron chi connectivity index (χ0n) is 24.2. The first-order valence-electron chi connectivity index (χ1n) is 13.6. The van der Waals surface area contributed by atoms with Gasteiger partial charge in [-0.25, -0.2) is 13.2 Å². The fourth-order valence-electron chi connectivity index (χ4n) is 4.39. The highest BCUT2D eigenvalue weighted by molar-refractivity contribution is 7.94. The SMILES string of the molecule is C=CC1(S(=O)(=O)CC(=O)c2ccc(Cc3nc(OCC(F)(F)F)nc(N4CCN(C(=O)OC(C)(C)C)CC4)n3)cc2)CC1. The van der Waals surface area contributed by atoms with E-state index in [0.717, 1.165) is 0 Å². The maximum absolute atomic E-state index is 12.8. The van der Waals surface area contributed by atoms with E-state index in [4.69, 9.17) is 9.47 Å². The molecule has 0 atom stereocenters. The molecule has 0 bridgehead atoms. The Balaban J connectivity index is 1.47. The van der Waals surface area contributed by atoms with E-state index in [-0.39, 0.29) is 36.8 Å². The highest BCUT2D eigenvalue weighted by atomic mass is 32.2. The largest absolute Gasteiger partial charge is 0.454 e. The Morgan fingerprint density at radius 2 is 1.65 bits per heavy atom. The Morgan fingerprint density at radius 3 is 2.19 bits per heavy atom. The molecule has 1 aliphatic carbocycles. The van der Waals surface area contributed by atoms with Crippen molar-refractivity contribution in [1.82, 2.24) is 19.9 Å². The molecule has 2 fully saturated rings. The van der Waals surface area contributed by atoms with Gasteiger partial charge in [0, 0.05) is 38.2 Å². The van der Waals surface area contributed by atoms with Gasteiger partial charge in [0.05, 0.1) is 4.75 Å². The smallest absolute Gasteiger partial charge is 0.422 e. The van der Waals surface area contributed by atoms with Crippen molar-refractivity contribution in [3.05, 3.63) is 53.9 Å². The molecule has 43 heavy (non-hydrogen) atoms. The van der Waals surface area contributed by atoms with Gasteiger partial charge in [-0.05, 0) is 39.2 Å². The Labute approximate surface area is 248 Å². The van der Waals surface area contributed by atoms with Crippen LogP contribution in [0.5, 0.6) is 6.01 Å². The Hall–Kier alpha value is -3.75. The lowest BCUT2D eigenvalue weighted by atomic mass is 10.1. The number of ether oxygens (including phenoxy) is 2. The van der Waals surface area contributed by atoms with Crippen LogP contribution in [0.25, 0.3) is 0 Å². The molecule has 1 aliphatic heterocycles. The number of ketones is 1. The number of rotatable bonds is 10. The molecule has 1 amide bonds. The first-order chi connectivity index (χ1) is 20.0. The fourth-order valence-corrected chi connectivity index (χ4v) is 6.17. The van der Waals surface area contributed by atoms with E-state index in [0.29, 0.717) is 31.5 Å². The van der Waals surface area contributed by atoms with E-state index in [2.05, 4.69) is 21.5 Å². The van der Waals surface area contributed by atoms with Gasteiger partial charge in [0.25, 0.3) is 0 Å². The molecule has 1 saturated carbocycles. The zero-order valence-corrected chi connectivity index (χ0v) is 25.0. The summed E-state index contributed by atoms with van der Waals surface area (Å²) in [6.07, 6.45) is -2.71. The molecule has 1 aromatic heterocycles. The number of anilines is 1. The van der Waals surface area contributed by atoms with Crippen molar-refractivity contribution in [2.75, 3.05) is 43.4 Å². The minimum Gasteiger partial charge on any atom is -0.454 e. The third kappa shape index (κ3) is 8.42. The number of nitrogens with zero attached hydrogens (tertiary/aromatic N) is 5. The summed E-state index contributed by atoms with van der Waals surface area (Å²) in [4.78, 5) is 40.9. The van der Waals surface area contributed by atoms with Crippen molar-refractivity contribution in [1.29, 1.82) is 0 Å². The van der Waals surface area contributed by atoms with Crippen LogP contribution in [-0.4, -0.2) is 95.2 Å². The number of hydrogen-bond donors (Lipinski definition) is 0. The minimum absolute atomic E-state index is 0.0715. The summed E-state index contributed by atoms with van der Waals surface area (Å²) in [7, 11) is -3.68. The lowest BCUT2D eigenvalue weighted by Crippen LogP contribution is -2.50. The molecule has 1 saturated heterocycles. The highest BCUT2D eigenvalue weighted by Gasteiger charge is 2.52. The van der Waals surface area contributed by atoms with Gasteiger partial charge in [0.2, 0.25) is 5.95 Å². The second kappa shape index (κ2) is 12.1. The average Bonchev–Trinajstić information content (AvgIpc) is 3.73. The number of carbonyl (C=O) groups excluding carboxylic acids is 2. The number of Topliss-reactive ketones (excluding diaryl/α,β-unsaturated/α-hetero) is 1. The van der Waals surface area contributed by atoms with Crippen molar-refractivity contribution in [3.63, 3.8) is 0 Å². The maximum Gasteiger partial charge on any atom is 0.422 e. The lowest BCUT2D eigenvalue weighted by molar-refractivity contribution is -0.154. The molecule has 234 valence electrons. The van der Waals surface area contributed by atoms with Crippen LogP contribution in [0.4, 0.5) is 23.9 Å². The lowest BCUT2D eigenvalue weighted by Gasteiger charge is -2.35. The standard InChI is InChI=1S/C28H34F3N5O6S/c1-5-27(10-11-27)43(39,40)17-21(37)20-8-6-19(7-9-20)16-22-32-23(34-24(33-22)41-18-28(29,30)31)35-12-14-36(15-13-35)25(38)42-26(2,3)4/h5-9H,1,10-18H2,2-4H3. The molecule has 0 unspecified atom stereocenters. The number of halogens is 3. The number of aromatic nitrogens is 3. The van der Waals surface area contributed by atoms with Gasteiger partial charge < -0.3 is 19.3 Å². The number of benzene rings is 1. The molecule has 11 nitrogen and oxygen atoms in total. The van der Waals surface area contributed by atoms with Crippen LogP contribution >= 0.6 is 0 Å². The van der Waals surface area contributed by atoms with Crippen molar-refractivity contribution < 1.29 is 40.7 Å². The van der Waals surface area contributed by atoms with Crippen LogP contribution in [0.1, 0.15) is 55.4 Å². The number of piperazine rings is 1. The van der Waals surface area contributed by atoms with Crippen LogP contribution in [0, 0.1) is 0 Å². The number of amides is 1. The summed E-state index contributed by atoms with van der Waals surface area (Å²) in [5.41, 5.74) is 0.175. The monoisotopic (exact) mass is 625 g/mol. The Morgan fingerprint density at radius 1 is 1.02 bits per heavy atom. The molecule has 2 aromatic rings. The predicted octanol–water partition coefficient (Wildman–Crippen LogP) is 3.78. The van der Waals surface area contributed by atoms with Crippen molar-refractivity contribution in [2.24, 2.45) is 0 Å². The van der Waals surface area contributed by atoms with Gasteiger partial charge >= 0.3 is 18.3 Å². The molecule has 4 rings (SSSR count). The summed E-state index contributed by atoms with van der Waals surface area (Å²) in [5, 5.41) is 0. The van der Waals surface area contributed by atoms with E-state index in [1.165, 1.54) is 23.1 Å². The van der Waals surface area contributed by atoms with Gasteiger partial charge in [0.1, 0.15) is 17.2 Å². The Kier molecular flexibility index (Phi) is 9.05. The third-order valence-electron chi connectivity index (χ3n) is 6.92. The van der Waals surface area contributed by atoms with Gasteiger partial charge in [-0.2, -0.15) is 28.1 Å². The number of carbonyl (C=O) groups is 2. The molecule has 2 aliphatic rings. The zero-order chi connectivity index (χ0) is 31.6. The molecule has 0 radical (unpaired) electrons. The summed E-state index contributed by atoms with van der Waals surface area (Å²) in [6, 6.07) is 5.67. The van der Waals surface area contributed by atoms with Crippen molar-refractivity contribution >= 4 is 27.7 Å². The molecule has 0 spiro atoms. The van der Waals surface area contributed by atoms with Gasteiger partial charge in [0.15, 0.2) is 22.2 Å². The number of sulfone groups is 1. The van der Waals surface area contributed by atoms with Gasteiger partial charge in [-0.1, -0.05) is 30.3 Å². The number of alkyl halides is 3. The van der Waals surface area contributed by atoms with Crippen LogP contribution in [-0.2, 0) is 21.0 Å². The van der Waals surface area contributed by atoms with Crippen LogP contribution in [0.2, 0.25) is 0 Å².